The molecule has 4 aliphatic rings. The monoisotopic (exact) mass is 498 g/mol. The maximum Gasteiger partial charge on any atom is 0.339 e. The number of nitrogens with one attached hydrogen (secondary N) is 2. The highest BCUT2D eigenvalue weighted by molar-refractivity contribution is 8.00. The Balaban J connectivity index is 1.11. The molecule has 0 radical (unpaired) electrons. The van der Waals surface area contributed by atoms with E-state index >= 15 is 0 Å². The summed E-state index contributed by atoms with van der Waals surface area (Å²) in [6.07, 6.45) is 7.37. The number of benzene rings is 1. The van der Waals surface area contributed by atoms with Crippen LogP contribution in [0.15, 0.2) is 46.7 Å². The van der Waals surface area contributed by atoms with Crippen LogP contribution in [-0.2, 0) is 20.9 Å². The molecule has 4 fully saturated rings. The number of thiophene rings is 1. The van der Waals surface area contributed by atoms with Crippen molar-refractivity contribution in [2.75, 3.05) is 12.4 Å². The quantitative estimate of drug-likeness (QED) is 0.396. The SMILES string of the molecule is O=C(COC(=O)c1ccccc1SCC(=O)NC12CC3CC(CC(C3)C1)C2)NCc1cccs1. The van der Waals surface area contributed by atoms with E-state index in [-0.39, 0.29) is 29.7 Å². The van der Waals surface area contributed by atoms with Gasteiger partial charge in [0.1, 0.15) is 0 Å². The molecule has 1 aromatic carbocycles. The van der Waals surface area contributed by atoms with Crippen LogP contribution in [0.1, 0.15) is 53.8 Å². The highest BCUT2D eigenvalue weighted by atomic mass is 32.2. The number of hydrogen-bond donors (Lipinski definition) is 2. The van der Waals surface area contributed by atoms with Gasteiger partial charge < -0.3 is 15.4 Å². The molecule has 1 heterocycles. The van der Waals surface area contributed by atoms with Gasteiger partial charge in [0.15, 0.2) is 6.61 Å². The summed E-state index contributed by atoms with van der Waals surface area (Å²) < 4.78 is 5.24. The summed E-state index contributed by atoms with van der Waals surface area (Å²) in [6.45, 7) is 0.0784. The van der Waals surface area contributed by atoms with E-state index in [4.69, 9.17) is 4.74 Å². The van der Waals surface area contributed by atoms with Gasteiger partial charge in [-0.2, -0.15) is 0 Å². The summed E-state index contributed by atoms with van der Waals surface area (Å²) in [4.78, 5) is 39.3. The summed E-state index contributed by atoms with van der Waals surface area (Å²) in [5.41, 5.74) is 0.363. The Morgan fingerprint density at radius 1 is 0.971 bits per heavy atom. The van der Waals surface area contributed by atoms with Crippen molar-refractivity contribution in [3.8, 4) is 0 Å². The zero-order valence-electron chi connectivity index (χ0n) is 19.1. The van der Waals surface area contributed by atoms with Crippen LogP contribution in [0.3, 0.4) is 0 Å². The van der Waals surface area contributed by atoms with E-state index in [1.54, 1.807) is 23.5 Å². The fraction of sp³-hybridized carbons (Fsp3) is 0.500. The van der Waals surface area contributed by atoms with E-state index < -0.39 is 5.97 Å². The molecule has 6 nitrogen and oxygen atoms in total. The lowest BCUT2D eigenvalue weighted by atomic mass is 9.53. The standard InChI is InChI=1S/C26H30N2O4S2/c29-23(27-14-20-4-3-7-33-20)15-32-25(31)21-5-1-2-6-22(21)34-16-24(30)28-26-11-17-8-18(12-26)10-19(9-17)13-26/h1-7,17-19H,8-16H2,(H,27,29)(H,28,30). The summed E-state index contributed by atoms with van der Waals surface area (Å²) in [5, 5.41) is 8.07. The number of carbonyl (C=O) groups excluding carboxylic acids is 3. The zero-order valence-corrected chi connectivity index (χ0v) is 20.7. The van der Waals surface area contributed by atoms with Gasteiger partial charge in [-0.15, -0.1) is 23.1 Å². The first-order valence-corrected chi connectivity index (χ1v) is 13.8. The van der Waals surface area contributed by atoms with Crippen LogP contribution >= 0.6 is 23.1 Å². The second-order valence-electron chi connectivity index (χ2n) is 9.96. The Bertz CT molecular complexity index is 1020. The lowest BCUT2D eigenvalue weighted by Gasteiger charge is -2.56. The third kappa shape index (κ3) is 5.49. The highest BCUT2D eigenvalue weighted by Crippen LogP contribution is 2.55. The first kappa shape index (κ1) is 23.4. The summed E-state index contributed by atoms with van der Waals surface area (Å²) >= 11 is 2.90. The molecule has 0 atom stereocenters. The number of hydrogen-bond acceptors (Lipinski definition) is 6. The van der Waals surface area contributed by atoms with Crippen molar-refractivity contribution in [2.45, 2.75) is 55.5 Å². The fourth-order valence-electron chi connectivity index (χ4n) is 6.36. The van der Waals surface area contributed by atoms with Crippen molar-refractivity contribution >= 4 is 40.9 Å². The Kier molecular flexibility index (Phi) is 6.97. The maximum atomic E-state index is 12.9. The van der Waals surface area contributed by atoms with E-state index in [1.807, 2.05) is 29.6 Å². The minimum Gasteiger partial charge on any atom is -0.452 e. The van der Waals surface area contributed by atoms with Gasteiger partial charge in [-0.25, -0.2) is 4.79 Å². The Hall–Kier alpha value is -2.32. The Morgan fingerprint density at radius 2 is 1.68 bits per heavy atom. The van der Waals surface area contributed by atoms with E-state index in [0.717, 1.165) is 41.9 Å². The molecule has 2 aromatic rings. The zero-order chi connectivity index (χ0) is 23.5. The third-order valence-electron chi connectivity index (χ3n) is 7.28. The van der Waals surface area contributed by atoms with Gasteiger partial charge in [0.2, 0.25) is 5.91 Å². The smallest absolute Gasteiger partial charge is 0.339 e. The van der Waals surface area contributed by atoms with E-state index in [0.29, 0.717) is 17.0 Å². The molecule has 180 valence electrons. The molecule has 0 unspecified atom stereocenters. The average molecular weight is 499 g/mol. The summed E-state index contributed by atoms with van der Waals surface area (Å²) in [6, 6.07) is 10.9. The van der Waals surface area contributed by atoms with Crippen molar-refractivity contribution in [3.63, 3.8) is 0 Å². The number of ether oxygens (including phenoxy) is 1. The van der Waals surface area contributed by atoms with Crippen LogP contribution in [0.2, 0.25) is 0 Å². The van der Waals surface area contributed by atoms with E-state index in [2.05, 4.69) is 10.6 Å². The van der Waals surface area contributed by atoms with Crippen LogP contribution in [0, 0.1) is 17.8 Å². The minimum atomic E-state index is -0.559. The summed E-state index contributed by atoms with van der Waals surface area (Å²) in [7, 11) is 0. The van der Waals surface area contributed by atoms with Crippen LogP contribution < -0.4 is 10.6 Å². The Morgan fingerprint density at radius 3 is 2.35 bits per heavy atom. The van der Waals surface area contributed by atoms with E-state index in [9.17, 15) is 14.4 Å². The minimum absolute atomic E-state index is 0.0126. The number of rotatable bonds is 9. The molecule has 0 saturated heterocycles. The molecule has 1 aromatic heterocycles. The molecular formula is C26H30N2O4S2. The number of amides is 2. The normalized spacial score (nSPS) is 26.8. The Labute approximate surface area is 208 Å². The topological polar surface area (TPSA) is 84.5 Å². The predicted octanol–water partition coefficient (Wildman–Crippen LogP) is 4.40. The van der Waals surface area contributed by atoms with Gasteiger partial charge in [-0.1, -0.05) is 18.2 Å². The van der Waals surface area contributed by atoms with Gasteiger partial charge in [0, 0.05) is 15.3 Å². The largest absolute Gasteiger partial charge is 0.452 e. The van der Waals surface area contributed by atoms with Crippen LogP contribution in [0.4, 0.5) is 0 Å². The lowest BCUT2D eigenvalue weighted by Crippen LogP contribution is -2.60. The molecular weight excluding hydrogens is 468 g/mol. The van der Waals surface area contributed by atoms with Gasteiger partial charge in [-0.3, -0.25) is 9.59 Å². The predicted molar refractivity (Wildman–Crippen MR) is 133 cm³/mol. The van der Waals surface area contributed by atoms with Crippen LogP contribution in [0.5, 0.6) is 0 Å². The van der Waals surface area contributed by atoms with Crippen molar-refractivity contribution in [3.05, 3.63) is 52.2 Å². The first-order chi connectivity index (χ1) is 16.5. The fourth-order valence-corrected chi connectivity index (χ4v) is 7.84. The molecule has 2 N–H and O–H groups in total. The van der Waals surface area contributed by atoms with Gasteiger partial charge >= 0.3 is 5.97 Å². The van der Waals surface area contributed by atoms with Crippen LogP contribution in [0.25, 0.3) is 0 Å². The van der Waals surface area contributed by atoms with E-state index in [1.165, 1.54) is 31.0 Å². The number of esters is 1. The molecule has 4 bridgehead atoms. The average Bonchev–Trinajstić information content (AvgIpc) is 3.32. The maximum absolute atomic E-state index is 12.9. The second-order valence-corrected chi connectivity index (χ2v) is 12.0. The molecule has 6 rings (SSSR count). The molecule has 4 aliphatic carbocycles. The van der Waals surface area contributed by atoms with Crippen molar-refractivity contribution < 1.29 is 19.1 Å². The van der Waals surface area contributed by atoms with Crippen molar-refractivity contribution in [1.82, 2.24) is 10.6 Å². The molecule has 0 aliphatic heterocycles. The molecule has 4 saturated carbocycles. The van der Waals surface area contributed by atoms with Crippen LogP contribution in [-0.4, -0.2) is 35.7 Å². The molecule has 8 heteroatoms. The number of carbonyl (C=O) groups is 3. The first-order valence-electron chi connectivity index (χ1n) is 12.0. The van der Waals surface area contributed by atoms with Gasteiger partial charge in [-0.05, 0) is 79.9 Å². The number of thioether (sulfide) groups is 1. The molecule has 2 amide bonds. The van der Waals surface area contributed by atoms with Gasteiger partial charge in [0.05, 0.1) is 17.9 Å². The molecule has 34 heavy (non-hydrogen) atoms. The second kappa shape index (κ2) is 10.1. The van der Waals surface area contributed by atoms with Crippen molar-refractivity contribution in [1.29, 1.82) is 0 Å². The van der Waals surface area contributed by atoms with Crippen molar-refractivity contribution in [2.24, 2.45) is 17.8 Å². The third-order valence-corrected chi connectivity index (χ3v) is 9.23. The highest BCUT2D eigenvalue weighted by Gasteiger charge is 2.51. The summed E-state index contributed by atoms with van der Waals surface area (Å²) in [5.74, 6) is 1.71. The molecule has 0 spiro atoms. The van der Waals surface area contributed by atoms with Gasteiger partial charge in [0.25, 0.3) is 5.91 Å². The lowest BCUT2D eigenvalue weighted by molar-refractivity contribution is -0.125.